The summed E-state index contributed by atoms with van der Waals surface area (Å²) in [7, 11) is 0. The number of nitrogens with one attached hydrogen (secondary N) is 3. The number of hydrogen-bond acceptors (Lipinski definition) is 3. The number of hydrazine groups is 1. The van der Waals surface area contributed by atoms with Gasteiger partial charge in [-0.05, 0) is 57.3 Å². The molecule has 0 aliphatic rings. The highest BCUT2D eigenvalue weighted by atomic mass is 32.1. The van der Waals surface area contributed by atoms with Gasteiger partial charge in [0.05, 0.1) is 0 Å². The number of hydrogen-bond donors (Lipinski definition) is 3. The van der Waals surface area contributed by atoms with Crippen LogP contribution in [0.1, 0.15) is 38.5 Å². The van der Waals surface area contributed by atoms with Crippen molar-refractivity contribution in [2.75, 3.05) is 0 Å². The maximum atomic E-state index is 11.6. The van der Waals surface area contributed by atoms with Crippen LogP contribution < -0.4 is 16.2 Å². The van der Waals surface area contributed by atoms with E-state index in [4.69, 9.17) is 12.2 Å². The van der Waals surface area contributed by atoms with Crippen molar-refractivity contribution in [2.24, 2.45) is 0 Å². The van der Waals surface area contributed by atoms with Gasteiger partial charge in [0.25, 0.3) is 0 Å². The van der Waals surface area contributed by atoms with Crippen LogP contribution in [0.15, 0.2) is 17.5 Å². The fraction of sp³-hybridized carbons (Fsp3) is 0.538. The Labute approximate surface area is 123 Å². The molecule has 0 spiro atoms. The van der Waals surface area contributed by atoms with Crippen molar-refractivity contribution >= 4 is 34.6 Å². The van der Waals surface area contributed by atoms with Gasteiger partial charge in [0, 0.05) is 16.8 Å². The van der Waals surface area contributed by atoms with Crippen molar-refractivity contribution in [1.29, 1.82) is 0 Å². The van der Waals surface area contributed by atoms with Crippen LogP contribution in [-0.4, -0.2) is 16.6 Å². The van der Waals surface area contributed by atoms with Gasteiger partial charge < -0.3 is 5.32 Å². The lowest BCUT2D eigenvalue weighted by atomic mass is 10.1. The van der Waals surface area contributed by atoms with Gasteiger partial charge in [0.15, 0.2) is 5.11 Å². The monoisotopic (exact) mass is 299 g/mol. The molecule has 0 radical (unpaired) electrons. The third-order valence-corrected chi connectivity index (χ3v) is 3.35. The average Bonchev–Trinajstić information content (AvgIpc) is 2.77. The number of amides is 1. The van der Waals surface area contributed by atoms with E-state index >= 15 is 0 Å². The first kappa shape index (κ1) is 15.9. The first-order valence-electron chi connectivity index (χ1n) is 6.26. The molecule has 106 valence electrons. The van der Waals surface area contributed by atoms with Crippen LogP contribution in [0, 0.1) is 0 Å². The van der Waals surface area contributed by atoms with Crippen LogP contribution in [0.2, 0.25) is 0 Å². The van der Waals surface area contributed by atoms with E-state index in [1.165, 1.54) is 4.88 Å². The van der Waals surface area contributed by atoms with E-state index in [9.17, 15) is 4.79 Å². The van der Waals surface area contributed by atoms with Gasteiger partial charge in [0.2, 0.25) is 5.91 Å². The molecule has 0 aliphatic heterocycles. The van der Waals surface area contributed by atoms with E-state index in [1.807, 2.05) is 32.2 Å². The van der Waals surface area contributed by atoms with Gasteiger partial charge in [-0.1, -0.05) is 6.07 Å². The number of rotatable bonds is 4. The Morgan fingerprint density at radius 2 is 2.11 bits per heavy atom. The summed E-state index contributed by atoms with van der Waals surface area (Å²) < 4.78 is 0. The van der Waals surface area contributed by atoms with Crippen molar-refractivity contribution in [3.05, 3.63) is 22.4 Å². The number of aryl methyl sites for hydroxylation is 1. The summed E-state index contributed by atoms with van der Waals surface area (Å²) in [5, 5.41) is 5.54. The predicted octanol–water partition coefficient (Wildman–Crippen LogP) is 2.36. The maximum absolute atomic E-state index is 11.6. The normalized spacial score (nSPS) is 10.9. The van der Waals surface area contributed by atoms with Crippen LogP contribution in [0.4, 0.5) is 0 Å². The van der Waals surface area contributed by atoms with Gasteiger partial charge in [-0.15, -0.1) is 11.3 Å². The van der Waals surface area contributed by atoms with Gasteiger partial charge in [0.1, 0.15) is 0 Å². The lowest BCUT2D eigenvalue weighted by molar-refractivity contribution is -0.121. The van der Waals surface area contributed by atoms with Crippen molar-refractivity contribution in [1.82, 2.24) is 16.2 Å². The lowest BCUT2D eigenvalue weighted by Crippen LogP contribution is -2.52. The molecule has 0 aliphatic carbocycles. The zero-order valence-electron chi connectivity index (χ0n) is 11.6. The van der Waals surface area contributed by atoms with Crippen molar-refractivity contribution in [2.45, 2.75) is 45.6 Å². The summed E-state index contributed by atoms with van der Waals surface area (Å²) in [6.45, 7) is 6.01. The zero-order chi connectivity index (χ0) is 14.3. The third-order valence-electron chi connectivity index (χ3n) is 2.21. The Morgan fingerprint density at radius 1 is 1.37 bits per heavy atom. The molecule has 0 atom stereocenters. The smallest absolute Gasteiger partial charge is 0.238 e. The molecule has 0 saturated heterocycles. The summed E-state index contributed by atoms with van der Waals surface area (Å²) in [5.74, 6) is -0.0467. The van der Waals surface area contributed by atoms with Gasteiger partial charge >= 0.3 is 0 Å². The van der Waals surface area contributed by atoms with Crippen LogP contribution in [0.5, 0.6) is 0 Å². The minimum absolute atomic E-state index is 0.0467. The van der Waals surface area contributed by atoms with Crippen LogP contribution in [-0.2, 0) is 11.2 Å². The van der Waals surface area contributed by atoms with E-state index in [0.29, 0.717) is 11.5 Å². The van der Waals surface area contributed by atoms with Gasteiger partial charge in [-0.3, -0.25) is 15.6 Å². The first-order chi connectivity index (χ1) is 8.87. The number of thiocarbonyl (C=S) groups is 1. The Balaban J connectivity index is 2.12. The second kappa shape index (κ2) is 7.45. The molecule has 0 aromatic carbocycles. The second-order valence-corrected chi connectivity index (χ2v) is 6.75. The van der Waals surface area contributed by atoms with Crippen LogP contribution in [0.3, 0.4) is 0 Å². The third kappa shape index (κ3) is 7.79. The molecule has 0 bridgehead atoms. The first-order valence-corrected chi connectivity index (χ1v) is 7.55. The molecule has 1 rings (SSSR count). The van der Waals surface area contributed by atoms with E-state index < -0.39 is 0 Å². The molecule has 1 aromatic rings. The van der Waals surface area contributed by atoms with Crippen molar-refractivity contribution in [3.8, 4) is 0 Å². The molecule has 0 saturated carbocycles. The van der Waals surface area contributed by atoms with Gasteiger partial charge in [-0.25, -0.2) is 0 Å². The lowest BCUT2D eigenvalue weighted by Gasteiger charge is -2.23. The maximum Gasteiger partial charge on any atom is 0.238 e. The highest BCUT2D eigenvalue weighted by molar-refractivity contribution is 7.80. The number of carbonyl (C=O) groups excluding carboxylic acids is 1. The minimum Gasteiger partial charge on any atom is -0.357 e. The standard InChI is InChI=1S/C13H21N3OS2/c1-13(2,3)14-12(18)16-15-11(17)8-4-6-10-7-5-9-19-10/h5,7,9H,4,6,8H2,1-3H3,(H,15,17)(H2,14,16,18). The Kier molecular flexibility index (Phi) is 6.24. The highest BCUT2D eigenvalue weighted by Crippen LogP contribution is 2.11. The Morgan fingerprint density at radius 3 is 2.68 bits per heavy atom. The molecule has 0 unspecified atom stereocenters. The zero-order valence-corrected chi connectivity index (χ0v) is 13.2. The van der Waals surface area contributed by atoms with E-state index in [2.05, 4.69) is 22.2 Å². The molecule has 3 N–H and O–H groups in total. The fourth-order valence-electron chi connectivity index (χ4n) is 1.44. The van der Waals surface area contributed by atoms with Crippen molar-refractivity contribution in [3.63, 3.8) is 0 Å². The second-order valence-electron chi connectivity index (χ2n) is 5.31. The van der Waals surface area contributed by atoms with E-state index in [0.717, 1.165) is 12.8 Å². The number of thiophene rings is 1. The van der Waals surface area contributed by atoms with Gasteiger partial charge in [-0.2, -0.15) is 0 Å². The fourth-order valence-corrected chi connectivity index (χ4v) is 2.55. The molecule has 19 heavy (non-hydrogen) atoms. The summed E-state index contributed by atoms with van der Waals surface area (Å²) in [6.07, 6.45) is 2.27. The minimum atomic E-state index is -0.117. The Hall–Kier alpha value is -1.14. The molecular formula is C13H21N3OS2. The van der Waals surface area contributed by atoms with Crippen LogP contribution in [0.25, 0.3) is 0 Å². The topological polar surface area (TPSA) is 53.2 Å². The van der Waals surface area contributed by atoms with Crippen molar-refractivity contribution < 1.29 is 4.79 Å². The Bertz CT molecular complexity index is 410. The molecule has 1 heterocycles. The van der Waals surface area contributed by atoms with E-state index in [1.54, 1.807) is 11.3 Å². The number of carbonyl (C=O) groups is 1. The van der Waals surface area contributed by atoms with E-state index in [-0.39, 0.29) is 11.4 Å². The largest absolute Gasteiger partial charge is 0.357 e. The molecule has 6 heteroatoms. The molecule has 1 amide bonds. The van der Waals surface area contributed by atoms with Crippen LogP contribution >= 0.6 is 23.6 Å². The highest BCUT2D eigenvalue weighted by Gasteiger charge is 2.11. The molecular weight excluding hydrogens is 278 g/mol. The molecule has 1 aromatic heterocycles. The SMILES string of the molecule is CC(C)(C)NC(=S)NNC(=O)CCCc1cccs1. The summed E-state index contributed by atoms with van der Waals surface area (Å²) in [5.41, 5.74) is 5.18. The molecule has 4 nitrogen and oxygen atoms in total. The predicted molar refractivity (Wildman–Crippen MR) is 84.0 cm³/mol. The average molecular weight is 299 g/mol. The summed E-state index contributed by atoms with van der Waals surface area (Å²) >= 11 is 6.78. The molecule has 0 fully saturated rings. The summed E-state index contributed by atoms with van der Waals surface area (Å²) in [4.78, 5) is 12.9. The quantitative estimate of drug-likeness (QED) is 0.590. The summed E-state index contributed by atoms with van der Waals surface area (Å²) in [6, 6.07) is 4.11.